The van der Waals surface area contributed by atoms with Crippen molar-refractivity contribution in [3.8, 4) is 0 Å². The Kier molecular flexibility index (Phi) is 3.80. The molecule has 0 spiro atoms. The third-order valence-corrected chi connectivity index (χ3v) is 3.64. The van der Waals surface area contributed by atoms with Gasteiger partial charge in [0, 0.05) is 12.5 Å². The highest BCUT2D eigenvalue weighted by atomic mass is 19.3. The Hall–Kier alpha value is -2.81. The molecule has 0 unspecified atom stereocenters. The average molecular weight is 335 g/mol. The van der Waals surface area contributed by atoms with Gasteiger partial charge in [-0.15, -0.1) is 0 Å². The Morgan fingerprint density at radius 3 is 2.58 bits per heavy atom. The van der Waals surface area contributed by atoms with Crippen molar-refractivity contribution in [2.45, 2.75) is 26.0 Å². The molecule has 0 fully saturated rings. The number of aromatic nitrogens is 4. The van der Waals surface area contributed by atoms with E-state index in [2.05, 4.69) is 15.1 Å². The fourth-order valence-electron chi connectivity index (χ4n) is 2.46. The van der Waals surface area contributed by atoms with Gasteiger partial charge in [0.05, 0.1) is 13.2 Å². The molecule has 4 N–H and O–H groups in total. The normalized spacial score (nSPS) is 12.0. The molecule has 7 nitrogen and oxygen atoms in total. The quantitative estimate of drug-likeness (QED) is 0.667. The number of rotatable bonds is 4. The summed E-state index contributed by atoms with van der Waals surface area (Å²) < 4.78 is 27.9. The number of nitrogens with zero attached hydrogens (tertiary/aromatic N) is 3. The van der Waals surface area contributed by atoms with Crippen molar-refractivity contribution >= 4 is 17.0 Å². The predicted molar refractivity (Wildman–Crippen MR) is 83.6 cm³/mol. The maximum absolute atomic E-state index is 13.3. The second-order valence-corrected chi connectivity index (χ2v) is 5.50. The zero-order valence-corrected chi connectivity index (χ0v) is 12.8. The summed E-state index contributed by atoms with van der Waals surface area (Å²) in [5.74, 6) is -2.98. The van der Waals surface area contributed by atoms with E-state index in [-0.39, 0.29) is 34.8 Å². The van der Waals surface area contributed by atoms with Crippen LogP contribution in [0.2, 0.25) is 0 Å². The van der Waals surface area contributed by atoms with Crippen LogP contribution in [0.5, 0.6) is 0 Å². The minimum absolute atomic E-state index is 0.0703. The molecule has 0 saturated carbocycles. The third-order valence-electron chi connectivity index (χ3n) is 3.64. The van der Waals surface area contributed by atoms with E-state index in [9.17, 15) is 18.7 Å². The minimum atomic E-state index is -2.91. The van der Waals surface area contributed by atoms with Gasteiger partial charge in [-0.1, -0.05) is 24.3 Å². The number of aliphatic hydroxyl groups is 1. The van der Waals surface area contributed by atoms with Gasteiger partial charge in [-0.25, -0.2) is 13.5 Å². The molecule has 126 valence electrons. The monoisotopic (exact) mass is 335 g/mol. The first kappa shape index (κ1) is 16.1. The average Bonchev–Trinajstić information content (AvgIpc) is 2.85. The van der Waals surface area contributed by atoms with Crippen molar-refractivity contribution in [1.82, 2.24) is 19.7 Å². The Labute approximate surface area is 134 Å². The molecule has 9 heteroatoms. The second kappa shape index (κ2) is 5.68. The van der Waals surface area contributed by atoms with Gasteiger partial charge in [0.1, 0.15) is 11.1 Å². The van der Waals surface area contributed by atoms with E-state index in [1.165, 1.54) is 16.8 Å². The lowest BCUT2D eigenvalue weighted by atomic mass is 10.1. The number of anilines is 1. The predicted octanol–water partition coefficient (Wildman–Crippen LogP) is 1.35. The van der Waals surface area contributed by atoms with Gasteiger partial charge in [0.15, 0.2) is 5.65 Å². The van der Waals surface area contributed by atoms with E-state index in [0.717, 1.165) is 6.92 Å². The molecule has 0 bridgehead atoms. The second-order valence-electron chi connectivity index (χ2n) is 5.50. The number of hydrogen-bond acceptors (Lipinski definition) is 5. The van der Waals surface area contributed by atoms with Gasteiger partial charge in [-0.3, -0.25) is 9.78 Å². The molecular weight excluding hydrogens is 320 g/mol. The number of hydrogen-bond donors (Lipinski definition) is 3. The molecule has 0 aliphatic carbocycles. The molecule has 24 heavy (non-hydrogen) atoms. The van der Waals surface area contributed by atoms with Crippen molar-refractivity contribution < 1.29 is 13.9 Å². The van der Waals surface area contributed by atoms with Crippen molar-refractivity contribution in [1.29, 1.82) is 0 Å². The summed E-state index contributed by atoms with van der Waals surface area (Å²) >= 11 is 0. The number of halogens is 2. The van der Waals surface area contributed by atoms with Gasteiger partial charge >= 0.3 is 0 Å². The zero-order chi connectivity index (χ0) is 17.5. The van der Waals surface area contributed by atoms with E-state index in [4.69, 9.17) is 5.73 Å². The van der Waals surface area contributed by atoms with Crippen molar-refractivity contribution in [2.24, 2.45) is 0 Å². The van der Waals surface area contributed by atoms with Gasteiger partial charge in [0.25, 0.3) is 11.5 Å². The number of aromatic amines is 1. The molecule has 0 atom stereocenters. The Bertz CT molecular complexity index is 941. The van der Waals surface area contributed by atoms with E-state index in [1.54, 1.807) is 12.1 Å². The van der Waals surface area contributed by atoms with Crippen LogP contribution >= 0.6 is 0 Å². The first-order chi connectivity index (χ1) is 11.3. The Morgan fingerprint density at radius 2 is 2.00 bits per heavy atom. The lowest BCUT2D eigenvalue weighted by Gasteiger charge is -2.11. The molecular formula is C15H15F2N5O2. The Balaban J connectivity index is 2.03. The van der Waals surface area contributed by atoms with E-state index in [1.807, 2.05) is 0 Å². The van der Waals surface area contributed by atoms with E-state index < -0.39 is 18.1 Å². The van der Waals surface area contributed by atoms with Gasteiger partial charge in [-0.2, -0.15) is 10.1 Å². The topological polar surface area (TPSA) is 110 Å². The van der Waals surface area contributed by atoms with Gasteiger partial charge in [-0.05, 0) is 5.56 Å². The minimum Gasteiger partial charge on any atom is -0.390 e. The van der Waals surface area contributed by atoms with Crippen LogP contribution in [0, 0.1) is 0 Å². The molecule has 3 rings (SSSR count). The molecule has 0 saturated heterocycles. The van der Waals surface area contributed by atoms with Crippen LogP contribution in [0.1, 0.15) is 23.7 Å². The maximum Gasteiger partial charge on any atom is 0.270 e. The van der Waals surface area contributed by atoms with Crippen LogP contribution in [0.3, 0.4) is 0 Å². The smallest absolute Gasteiger partial charge is 0.270 e. The summed E-state index contributed by atoms with van der Waals surface area (Å²) in [6.07, 6.45) is 0. The molecule has 1 aromatic carbocycles. The molecule has 0 aliphatic rings. The lowest BCUT2D eigenvalue weighted by molar-refractivity contribution is 0.0174. The Morgan fingerprint density at radius 1 is 1.33 bits per heavy atom. The van der Waals surface area contributed by atoms with Gasteiger partial charge in [0.2, 0.25) is 5.95 Å². The number of nitrogens with one attached hydrogen (secondary N) is 1. The number of alkyl halides is 2. The van der Waals surface area contributed by atoms with Crippen LogP contribution in [0.4, 0.5) is 14.7 Å². The number of aliphatic hydroxyl groups excluding tert-OH is 1. The van der Waals surface area contributed by atoms with Gasteiger partial charge < -0.3 is 10.8 Å². The largest absolute Gasteiger partial charge is 0.390 e. The number of benzene rings is 1. The molecule has 0 radical (unpaired) electrons. The summed E-state index contributed by atoms with van der Waals surface area (Å²) in [4.78, 5) is 18.4. The molecule has 2 heterocycles. The fourth-order valence-corrected chi connectivity index (χ4v) is 2.46. The highest BCUT2D eigenvalue weighted by Crippen LogP contribution is 2.27. The SMILES string of the molecule is CC(F)(F)c1ccc(Cn2nc(CO)c3c(=O)[nH]c(N)nc32)cc1. The molecule has 0 aliphatic heterocycles. The number of H-pyrrole nitrogens is 1. The van der Waals surface area contributed by atoms with Crippen LogP contribution in [0.15, 0.2) is 29.1 Å². The highest BCUT2D eigenvalue weighted by molar-refractivity contribution is 5.78. The van der Waals surface area contributed by atoms with Crippen LogP contribution < -0.4 is 11.3 Å². The summed E-state index contributed by atoms with van der Waals surface area (Å²) in [6.45, 7) is 0.594. The fraction of sp³-hybridized carbons (Fsp3) is 0.267. The summed E-state index contributed by atoms with van der Waals surface area (Å²) in [5, 5.41) is 13.7. The molecule has 2 aromatic heterocycles. The lowest BCUT2D eigenvalue weighted by Crippen LogP contribution is -2.13. The third kappa shape index (κ3) is 2.85. The van der Waals surface area contributed by atoms with E-state index >= 15 is 0 Å². The summed E-state index contributed by atoms with van der Waals surface area (Å²) in [5.41, 5.74) is 6.06. The van der Waals surface area contributed by atoms with Crippen molar-refractivity contribution in [3.05, 3.63) is 51.4 Å². The van der Waals surface area contributed by atoms with E-state index in [0.29, 0.717) is 5.56 Å². The number of nitrogen functional groups attached to an aromatic ring is 1. The number of fused-ring (bicyclic) bond motifs is 1. The van der Waals surface area contributed by atoms with Crippen molar-refractivity contribution in [2.75, 3.05) is 5.73 Å². The number of nitrogens with two attached hydrogens (primary N) is 1. The van der Waals surface area contributed by atoms with Crippen LogP contribution in [-0.2, 0) is 19.1 Å². The van der Waals surface area contributed by atoms with Crippen molar-refractivity contribution in [3.63, 3.8) is 0 Å². The molecule has 0 amide bonds. The zero-order valence-electron chi connectivity index (χ0n) is 12.8. The maximum atomic E-state index is 13.3. The first-order valence-electron chi connectivity index (χ1n) is 7.13. The molecule has 3 aromatic rings. The summed E-state index contributed by atoms with van der Waals surface area (Å²) in [7, 11) is 0. The highest BCUT2D eigenvalue weighted by Gasteiger charge is 2.23. The standard InChI is InChI=1S/C15H15F2N5O2/c1-15(16,17)9-4-2-8(3-5-9)6-22-12-11(10(7-23)21-22)13(24)20-14(18)19-12/h2-5,23H,6-7H2,1H3,(H3,18,19,20,24). The first-order valence-corrected chi connectivity index (χ1v) is 7.13. The van der Waals surface area contributed by atoms with Crippen LogP contribution in [0.25, 0.3) is 11.0 Å². The summed E-state index contributed by atoms with van der Waals surface area (Å²) in [6, 6.07) is 5.77. The van der Waals surface area contributed by atoms with Crippen LogP contribution in [-0.4, -0.2) is 24.9 Å².